The van der Waals surface area contributed by atoms with E-state index in [1.807, 2.05) is 6.07 Å². The molecule has 1 aromatic heterocycles. The maximum atomic E-state index is 9.14. The number of pyridine rings is 1. The molecule has 0 fully saturated rings. The fourth-order valence-electron chi connectivity index (χ4n) is 4.47. The van der Waals surface area contributed by atoms with E-state index >= 15 is 0 Å². The van der Waals surface area contributed by atoms with Crippen molar-refractivity contribution in [2.24, 2.45) is 0 Å². The molecule has 0 bridgehead atoms. The Morgan fingerprint density at radius 1 is 0.633 bits per heavy atom. The van der Waals surface area contributed by atoms with Crippen LogP contribution in [-0.2, 0) is 0 Å². The summed E-state index contributed by atoms with van der Waals surface area (Å²) in [5.41, 5.74) is 4.85. The molecule has 1 heterocycles. The van der Waals surface area contributed by atoms with Gasteiger partial charge in [-0.2, -0.15) is 5.26 Å². The quantitative estimate of drug-likeness (QED) is 0.298. The van der Waals surface area contributed by atoms with Crippen LogP contribution >= 0.6 is 0 Å². The number of hydrogen-bond donors (Lipinski definition) is 0. The maximum Gasteiger partial charge on any atom is 0.0992 e. The van der Waals surface area contributed by atoms with Crippen LogP contribution in [0, 0.1) is 11.3 Å². The Kier molecular flexibility index (Phi) is 3.57. The second-order valence-electron chi connectivity index (χ2n) is 7.59. The lowest BCUT2D eigenvalue weighted by Crippen LogP contribution is -1.88. The smallest absolute Gasteiger partial charge is 0.0992 e. The Morgan fingerprint density at radius 3 is 2.07 bits per heavy atom. The second-order valence-corrected chi connectivity index (χ2v) is 7.59. The van der Waals surface area contributed by atoms with Gasteiger partial charge in [-0.05, 0) is 55.6 Å². The zero-order valence-electron chi connectivity index (χ0n) is 16.1. The van der Waals surface area contributed by atoms with Gasteiger partial charge in [-0.15, -0.1) is 0 Å². The summed E-state index contributed by atoms with van der Waals surface area (Å²) >= 11 is 0. The van der Waals surface area contributed by atoms with Crippen molar-refractivity contribution in [2.45, 2.75) is 0 Å². The van der Waals surface area contributed by atoms with E-state index in [0.717, 1.165) is 11.3 Å². The molecule has 0 saturated heterocycles. The van der Waals surface area contributed by atoms with Crippen LogP contribution in [0.15, 0.2) is 97.2 Å². The number of nitriles is 1. The molecular formula is C28H16N2. The molecule has 0 saturated carbocycles. The van der Waals surface area contributed by atoms with Crippen LogP contribution in [0.1, 0.15) is 5.56 Å². The van der Waals surface area contributed by atoms with E-state index in [1.54, 1.807) is 12.3 Å². The number of benzene rings is 5. The minimum absolute atomic E-state index is 0.621. The standard InChI is InChI=1S/C28H16N2/c29-17-18-14-15-30-26(16-18)20-6-4-19(5-7-20)24-12-10-23-9-8-21-2-1-3-22-11-13-25(24)28(23)27(21)22/h1-16H. The summed E-state index contributed by atoms with van der Waals surface area (Å²) in [4.78, 5) is 4.41. The molecule has 2 heteroatoms. The molecule has 5 aromatic carbocycles. The third-order valence-corrected chi connectivity index (χ3v) is 5.91. The third-order valence-electron chi connectivity index (χ3n) is 5.91. The van der Waals surface area contributed by atoms with Crippen LogP contribution in [0.2, 0.25) is 0 Å². The molecule has 0 unspecified atom stereocenters. The van der Waals surface area contributed by atoms with Gasteiger partial charge < -0.3 is 0 Å². The van der Waals surface area contributed by atoms with Crippen LogP contribution < -0.4 is 0 Å². The summed E-state index contributed by atoms with van der Waals surface area (Å²) in [6.07, 6.45) is 1.68. The van der Waals surface area contributed by atoms with E-state index < -0.39 is 0 Å². The van der Waals surface area contributed by atoms with E-state index in [2.05, 4.69) is 89.9 Å². The van der Waals surface area contributed by atoms with Gasteiger partial charge in [0.25, 0.3) is 0 Å². The highest BCUT2D eigenvalue weighted by molar-refractivity contribution is 6.25. The number of nitrogens with zero attached hydrogens (tertiary/aromatic N) is 2. The minimum atomic E-state index is 0.621. The molecule has 2 nitrogen and oxygen atoms in total. The van der Waals surface area contributed by atoms with Crippen molar-refractivity contribution in [3.8, 4) is 28.5 Å². The molecule has 0 atom stereocenters. The highest BCUT2D eigenvalue weighted by atomic mass is 14.7. The summed E-state index contributed by atoms with van der Waals surface area (Å²) in [6.45, 7) is 0. The first kappa shape index (κ1) is 16.7. The Labute approximate surface area is 174 Å². The molecule has 30 heavy (non-hydrogen) atoms. The van der Waals surface area contributed by atoms with Gasteiger partial charge in [0.1, 0.15) is 0 Å². The summed E-state index contributed by atoms with van der Waals surface area (Å²) in [7, 11) is 0. The van der Waals surface area contributed by atoms with Crippen molar-refractivity contribution < 1.29 is 0 Å². The molecule has 0 amide bonds. The van der Waals surface area contributed by atoms with Crippen molar-refractivity contribution in [3.05, 3.63) is 103 Å². The topological polar surface area (TPSA) is 36.7 Å². The zero-order valence-corrected chi connectivity index (χ0v) is 16.1. The molecule has 138 valence electrons. The molecular weight excluding hydrogens is 364 g/mol. The van der Waals surface area contributed by atoms with Gasteiger partial charge in [0, 0.05) is 11.8 Å². The molecule has 0 spiro atoms. The van der Waals surface area contributed by atoms with Crippen molar-refractivity contribution in [1.29, 1.82) is 5.26 Å². The first-order valence-corrected chi connectivity index (χ1v) is 9.95. The first-order valence-electron chi connectivity index (χ1n) is 9.95. The molecule has 0 radical (unpaired) electrons. The van der Waals surface area contributed by atoms with Gasteiger partial charge in [-0.3, -0.25) is 4.98 Å². The monoisotopic (exact) mass is 380 g/mol. The average molecular weight is 380 g/mol. The fraction of sp³-hybridized carbons (Fsp3) is 0. The molecule has 6 rings (SSSR count). The second kappa shape index (κ2) is 6.40. The van der Waals surface area contributed by atoms with Gasteiger partial charge >= 0.3 is 0 Å². The summed E-state index contributed by atoms with van der Waals surface area (Å²) < 4.78 is 0. The summed E-state index contributed by atoms with van der Waals surface area (Å²) in [5.74, 6) is 0. The van der Waals surface area contributed by atoms with E-state index in [4.69, 9.17) is 5.26 Å². The Morgan fingerprint density at radius 2 is 1.30 bits per heavy atom. The average Bonchev–Trinajstić information content (AvgIpc) is 2.82. The molecule has 0 aliphatic heterocycles. The third kappa shape index (κ3) is 2.46. The van der Waals surface area contributed by atoms with E-state index in [-0.39, 0.29) is 0 Å². The normalized spacial score (nSPS) is 11.3. The maximum absolute atomic E-state index is 9.14. The van der Waals surface area contributed by atoms with Gasteiger partial charge in [-0.1, -0.05) is 78.9 Å². The SMILES string of the molecule is N#Cc1ccnc(-c2ccc(-c3ccc4ccc5cccc6ccc3c4c56)cc2)c1. The van der Waals surface area contributed by atoms with Crippen molar-refractivity contribution in [2.75, 3.05) is 0 Å². The Bertz CT molecular complexity index is 1570. The van der Waals surface area contributed by atoms with Gasteiger partial charge in [-0.25, -0.2) is 0 Å². The molecule has 6 aromatic rings. The number of rotatable bonds is 2. The minimum Gasteiger partial charge on any atom is -0.256 e. The summed E-state index contributed by atoms with van der Waals surface area (Å²) in [6, 6.07) is 34.0. The van der Waals surface area contributed by atoms with Crippen molar-refractivity contribution in [1.82, 2.24) is 4.98 Å². The van der Waals surface area contributed by atoms with Crippen LogP contribution in [0.3, 0.4) is 0 Å². The predicted molar refractivity (Wildman–Crippen MR) is 124 cm³/mol. The lowest BCUT2D eigenvalue weighted by Gasteiger charge is -2.14. The Hall–Kier alpha value is -4.22. The van der Waals surface area contributed by atoms with Crippen LogP contribution in [0.4, 0.5) is 0 Å². The lowest BCUT2D eigenvalue weighted by molar-refractivity contribution is 1.31. The largest absolute Gasteiger partial charge is 0.256 e. The lowest BCUT2D eigenvalue weighted by atomic mass is 9.89. The van der Waals surface area contributed by atoms with Crippen molar-refractivity contribution in [3.63, 3.8) is 0 Å². The van der Waals surface area contributed by atoms with Gasteiger partial charge in [0.05, 0.1) is 17.3 Å². The van der Waals surface area contributed by atoms with Crippen LogP contribution in [0.25, 0.3) is 54.7 Å². The predicted octanol–water partition coefficient (Wildman–Crippen LogP) is 7.18. The molecule has 0 N–H and O–H groups in total. The van der Waals surface area contributed by atoms with Gasteiger partial charge in [0.2, 0.25) is 0 Å². The molecule has 0 aliphatic carbocycles. The van der Waals surface area contributed by atoms with Crippen LogP contribution in [0.5, 0.6) is 0 Å². The van der Waals surface area contributed by atoms with E-state index in [1.165, 1.54) is 43.4 Å². The number of hydrogen-bond acceptors (Lipinski definition) is 2. The first-order chi connectivity index (χ1) is 14.8. The van der Waals surface area contributed by atoms with Crippen molar-refractivity contribution >= 4 is 32.3 Å². The zero-order chi connectivity index (χ0) is 20.1. The summed E-state index contributed by atoms with van der Waals surface area (Å²) in [5, 5.41) is 16.9. The van der Waals surface area contributed by atoms with E-state index in [9.17, 15) is 0 Å². The van der Waals surface area contributed by atoms with E-state index in [0.29, 0.717) is 5.56 Å². The van der Waals surface area contributed by atoms with Gasteiger partial charge in [0.15, 0.2) is 0 Å². The molecule has 0 aliphatic rings. The fourth-order valence-corrected chi connectivity index (χ4v) is 4.47. The Balaban J connectivity index is 1.53. The highest BCUT2D eigenvalue weighted by Gasteiger charge is 2.12. The van der Waals surface area contributed by atoms with Crippen LogP contribution in [-0.4, -0.2) is 4.98 Å². The highest BCUT2D eigenvalue weighted by Crippen LogP contribution is 2.39. The number of aromatic nitrogens is 1.